The zero-order valence-corrected chi connectivity index (χ0v) is 9.69. The molecule has 0 amide bonds. The molecule has 0 radical (unpaired) electrons. The van der Waals surface area contributed by atoms with Gasteiger partial charge in [-0.1, -0.05) is 29.8 Å². The summed E-state index contributed by atoms with van der Waals surface area (Å²) in [5.41, 5.74) is 1.33. The summed E-state index contributed by atoms with van der Waals surface area (Å²) in [5, 5.41) is 0. The van der Waals surface area contributed by atoms with Crippen molar-refractivity contribution in [2.45, 2.75) is 6.92 Å². The number of hydrogen-bond donors (Lipinski definition) is 0. The Morgan fingerprint density at radius 1 is 1.30 bits per heavy atom. The Bertz CT molecular complexity index is 203. The third-order valence-electron chi connectivity index (χ3n) is 1.41. The summed E-state index contributed by atoms with van der Waals surface area (Å²) in [6.07, 6.45) is 0. The van der Waals surface area contributed by atoms with Gasteiger partial charge in [-0.05, 0) is 6.92 Å². The summed E-state index contributed by atoms with van der Waals surface area (Å²) in [4.78, 5) is 0. The van der Waals surface area contributed by atoms with Crippen LogP contribution in [0.25, 0.3) is 0 Å². The second-order valence-electron chi connectivity index (χ2n) is 2.06. The number of benzene rings is 1. The van der Waals surface area contributed by atoms with Crippen LogP contribution in [0.4, 0.5) is 0 Å². The van der Waals surface area contributed by atoms with Crippen LogP contribution in [0.5, 0.6) is 0 Å². The average molecular weight is 232 g/mol. The molecule has 0 aliphatic heterocycles. The predicted molar refractivity (Wildman–Crippen MR) is 52.7 cm³/mol. The first-order valence-electron chi connectivity index (χ1n) is 2.95. The van der Waals surface area contributed by atoms with Gasteiger partial charge in [-0.2, -0.15) is 0 Å². The highest BCUT2D eigenvalue weighted by Gasteiger charge is 1.96. The molecule has 52 valence electrons. The SMILES string of the molecule is Br.Cc1cccc[c]1[Mg][Cl]. The summed E-state index contributed by atoms with van der Waals surface area (Å²) >= 11 is -0.465. The molecule has 1 aromatic rings. The van der Waals surface area contributed by atoms with Gasteiger partial charge in [0.25, 0.3) is 0 Å². The molecule has 1 rings (SSSR count). The third kappa shape index (κ3) is 2.78. The van der Waals surface area contributed by atoms with Gasteiger partial charge in [0, 0.05) is 0 Å². The van der Waals surface area contributed by atoms with Crippen LogP contribution in [0.1, 0.15) is 5.56 Å². The highest BCUT2D eigenvalue weighted by Crippen LogP contribution is 1.91. The maximum Gasteiger partial charge on any atom is 0.538 e. The van der Waals surface area contributed by atoms with Crippen LogP contribution in [-0.2, 0) is 0 Å². The van der Waals surface area contributed by atoms with Crippen LogP contribution in [0.2, 0.25) is 0 Å². The lowest BCUT2D eigenvalue weighted by molar-refractivity contribution is 1.52. The van der Waals surface area contributed by atoms with Gasteiger partial charge >= 0.3 is 19.3 Å². The second kappa shape index (κ2) is 5.41. The number of rotatable bonds is 1. The topological polar surface area (TPSA) is 0 Å². The summed E-state index contributed by atoms with van der Waals surface area (Å²) in [6.45, 7) is 2.10. The molecule has 0 aromatic heterocycles. The van der Waals surface area contributed by atoms with Crippen molar-refractivity contribution in [3.05, 3.63) is 29.8 Å². The molecule has 3 heteroatoms. The molecule has 0 aliphatic carbocycles. The number of halogens is 2. The first-order chi connectivity index (χ1) is 4.34. The Kier molecular flexibility index (Phi) is 5.82. The minimum atomic E-state index is -0.465. The average Bonchev–Trinajstić information content (AvgIpc) is 1.89. The molecule has 0 N–H and O–H groups in total. The molecule has 0 aliphatic rings. The highest BCUT2D eigenvalue weighted by atomic mass is 79.9. The smallest absolute Gasteiger partial charge is 0.336 e. The lowest BCUT2D eigenvalue weighted by atomic mass is 10.2. The van der Waals surface area contributed by atoms with E-state index in [9.17, 15) is 0 Å². The van der Waals surface area contributed by atoms with Crippen LogP contribution in [0, 0.1) is 6.92 Å². The number of hydrogen-bond acceptors (Lipinski definition) is 0. The summed E-state index contributed by atoms with van der Waals surface area (Å²) < 4.78 is 1.36. The minimum absolute atomic E-state index is 0. The van der Waals surface area contributed by atoms with Crippen molar-refractivity contribution in [2.24, 2.45) is 0 Å². The molecular formula is C7H8BrClMg. The van der Waals surface area contributed by atoms with Gasteiger partial charge in [-0.15, -0.1) is 20.7 Å². The molecule has 0 spiro atoms. The van der Waals surface area contributed by atoms with E-state index < -0.39 is 19.3 Å². The fourth-order valence-corrected chi connectivity index (χ4v) is 2.21. The highest BCUT2D eigenvalue weighted by molar-refractivity contribution is 8.93. The normalized spacial score (nSPS) is 7.80. The van der Waals surface area contributed by atoms with Crippen LogP contribution in [-0.4, -0.2) is 19.3 Å². The number of aryl methyl sites for hydroxylation is 1. The van der Waals surface area contributed by atoms with E-state index in [1.165, 1.54) is 9.26 Å². The van der Waals surface area contributed by atoms with Gasteiger partial charge in [-0.25, -0.2) is 0 Å². The van der Waals surface area contributed by atoms with Crippen LogP contribution in [0.3, 0.4) is 0 Å². The van der Waals surface area contributed by atoms with E-state index in [0.717, 1.165) is 0 Å². The van der Waals surface area contributed by atoms with E-state index >= 15 is 0 Å². The molecule has 0 saturated heterocycles. The molecule has 0 fully saturated rings. The zero-order valence-electron chi connectivity index (χ0n) is 5.80. The monoisotopic (exact) mass is 230 g/mol. The summed E-state index contributed by atoms with van der Waals surface area (Å²) in [6, 6.07) is 8.29. The molecule has 1 aromatic carbocycles. The molecule has 0 saturated carbocycles. The van der Waals surface area contributed by atoms with Crippen molar-refractivity contribution in [3.63, 3.8) is 0 Å². The maximum atomic E-state index is 5.77. The minimum Gasteiger partial charge on any atom is -0.336 e. The van der Waals surface area contributed by atoms with Crippen LogP contribution < -0.4 is 3.69 Å². The van der Waals surface area contributed by atoms with E-state index in [1.54, 1.807) is 0 Å². The lowest BCUT2D eigenvalue weighted by Gasteiger charge is -1.97. The maximum absolute atomic E-state index is 5.77. The third-order valence-corrected chi connectivity index (χ3v) is 3.35. The van der Waals surface area contributed by atoms with E-state index in [0.29, 0.717) is 0 Å². The van der Waals surface area contributed by atoms with Crippen molar-refractivity contribution < 1.29 is 0 Å². The van der Waals surface area contributed by atoms with Crippen LogP contribution >= 0.6 is 26.1 Å². The van der Waals surface area contributed by atoms with Gasteiger partial charge in [0.15, 0.2) is 0 Å². The van der Waals surface area contributed by atoms with E-state index in [1.807, 2.05) is 12.1 Å². The Balaban J connectivity index is 0.000000810. The lowest BCUT2D eigenvalue weighted by Crippen LogP contribution is -2.11. The van der Waals surface area contributed by atoms with Crippen LogP contribution in [0.15, 0.2) is 24.3 Å². The molecule has 0 heterocycles. The van der Waals surface area contributed by atoms with Gasteiger partial charge in [0.05, 0.1) is 0 Å². The molecule has 0 nitrogen and oxygen atoms in total. The molecule has 0 atom stereocenters. The Morgan fingerprint density at radius 3 is 2.30 bits per heavy atom. The fourth-order valence-electron chi connectivity index (χ4n) is 0.760. The van der Waals surface area contributed by atoms with E-state index in [-0.39, 0.29) is 17.0 Å². The largest absolute Gasteiger partial charge is 0.538 e. The van der Waals surface area contributed by atoms with Crippen molar-refractivity contribution >= 4 is 49.0 Å². The van der Waals surface area contributed by atoms with Crippen molar-refractivity contribution in [3.8, 4) is 0 Å². The van der Waals surface area contributed by atoms with Gasteiger partial charge in [0.1, 0.15) is 0 Å². The van der Waals surface area contributed by atoms with E-state index in [4.69, 9.17) is 9.07 Å². The zero-order chi connectivity index (χ0) is 6.69. The standard InChI is InChI=1S/C7H7.BrH.ClH.Mg/c1-7-5-3-2-4-6-7;;;/h2-5H,1H3;2*1H;/q;;;+1/p-1. The Hall–Kier alpha value is 0.756. The second-order valence-corrected chi connectivity index (χ2v) is 3.89. The van der Waals surface area contributed by atoms with Gasteiger partial charge in [0.2, 0.25) is 0 Å². The molecule has 10 heavy (non-hydrogen) atoms. The fraction of sp³-hybridized carbons (Fsp3) is 0.143. The quantitative estimate of drug-likeness (QED) is 0.650. The Morgan fingerprint density at radius 2 is 1.90 bits per heavy atom. The summed E-state index contributed by atoms with van der Waals surface area (Å²) in [7, 11) is 5.77. The summed E-state index contributed by atoms with van der Waals surface area (Å²) in [5.74, 6) is 0. The molecule has 0 bridgehead atoms. The molecule has 0 unspecified atom stereocenters. The van der Waals surface area contributed by atoms with Gasteiger partial charge in [-0.3, -0.25) is 0 Å². The van der Waals surface area contributed by atoms with Crippen molar-refractivity contribution in [2.75, 3.05) is 0 Å². The molecular weight excluding hydrogens is 224 g/mol. The first kappa shape index (κ1) is 10.8. The Labute approximate surface area is 85.2 Å². The van der Waals surface area contributed by atoms with Gasteiger partial charge < -0.3 is 9.07 Å². The first-order valence-corrected chi connectivity index (χ1v) is 5.79. The van der Waals surface area contributed by atoms with Crippen molar-refractivity contribution in [1.82, 2.24) is 0 Å². The van der Waals surface area contributed by atoms with E-state index in [2.05, 4.69) is 19.1 Å². The predicted octanol–water partition coefficient (Wildman–Crippen LogP) is 2.06. The van der Waals surface area contributed by atoms with Crippen molar-refractivity contribution in [1.29, 1.82) is 0 Å².